The Kier molecular flexibility index (Phi) is 8.52. The normalized spacial score (nSPS) is 16.1. The molecule has 172 valence electrons. The van der Waals surface area contributed by atoms with Gasteiger partial charge in [0.2, 0.25) is 10.0 Å². The maximum atomic E-state index is 13.9. The molecule has 0 aromatic heterocycles. The SMILES string of the molecule is COC(=O)C1CCN(C(=O)COC(=O)C(NS(=O)(=O)c2ccccc2F)C(C)C)CC1. The lowest BCUT2D eigenvalue weighted by atomic mass is 9.97. The lowest BCUT2D eigenvalue weighted by Crippen LogP contribution is -2.47. The highest BCUT2D eigenvalue weighted by Crippen LogP contribution is 2.19. The summed E-state index contributed by atoms with van der Waals surface area (Å²) >= 11 is 0. The molecule has 1 atom stereocenters. The zero-order valence-electron chi connectivity index (χ0n) is 17.7. The van der Waals surface area contributed by atoms with Gasteiger partial charge in [0.1, 0.15) is 16.8 Å². The lowest BCUT2D eigenvalue weighted by Gasteiger charge is -2.30. The molecule has 0 radical (unpaired) electrons. The van der Waals surface area contributed by atoms with Crippen LogP contribution in [-0.4, -0.2) is 64.0 Å². The molecule has 1 aromatic carbocycles. The van der Waals surface area contributed by atoms with E-state index >= 15 is 0 Å². The molecule has 11 heteroatoms. The molecule has 1 aliphatic heterocycles. The number of rotatable bonds is 8. The van der Waals surface area contributed by atoms with E-state index in [-0.39, 0.29) is 11.9 Å². The number of hydrogen-bond donors (Lipinski definition) is 1. The van der Waals surface area contributed by atoms with E-state index in [0.717, 1.165) is 12.1 Å². The van der Waals surface area contributed by atoms with Crippen molar-refractivity contribution in [1.82, 2.24) is 9.62 Å². The van der Waals surface area contributed by atoms with Crippen molar-refractivity contribution in [3.05, 3.63) is 30.1 Å². The van der Waals surface area contributed by atoms with Crippen LogP contribution in [-0.2, 0) is 33.9 Å². The smallest absolute Gasteiger partial charge is 0.324 e. The second kappa shape index (κ2) is 10.7. The average molecular weight is 459 g/mol. The van der Waals surface area contributed by atoms with Crippen molar-refractivity contribution < 1.29 is 36.7 Å². The molecule has 1 N–H and O–H groups in total. The van der Waals surface area contributed by atoms with E-state index in [1.807, 2.05) is 0 Å². The van der Waals surface area contributed by atoms with E-state index in [1.165, 1.54) is 24.1 Å². The summed E-state index contributed by atoms with van der Waals surface area (Å²) in [7, 11) is -3.01. The highest BCUT2D eigenvalue weighted by molar-refractivity contribution is 7.89. The fraction of sp³-hybridized carbons (Fsp3) is 0.550. The summed E-state index contributed by atoms with van der Waals surface area (Å²) in [4.78, 5) is 37.3. The molecular formula is C20H27FN2O7S. The van der Waals surface area contributed by atoms with E-state index < -0.39 is 51.2 Å². The molecule has 0 aliphatic carbocycles. The topological polar surface area (TPSA) is 119 Å². The van der Waals surface area contributed by atoms with Gasteiger partial charge in [-0.05, 0) is 30.9 Å². The predicted molar refractivity (Wildman–Crippen MR) is 108 cm³/mol. The molecule has 0 spiro atoms. The van der Waals surface area contributed by atoms with E-state index in [4.69, 9.17) is 9.47 Å². The molecule has 1 saturated heterocycles. The third-order valence-electron chi connectivity index (χ3n) is 5.05. The number of nitrogens with zero attached hydrogens (tertiary/aromatic N) is 1. The van der Waals surface area contributed by atoms with Gasteiger partial charge in [-0.2, -0.15) is 4.72 Å². The number of sulfonamides is 1. The third kappa shape index (κ3) is 6.47. The molecular weight excluding hydrogens is 431 g/mol. The third-order valence-corrected chi connectivity index (χ3v) is 6.52. The van der Waals surface area contributed by atoms with E-state index in [0.29, 0.717) is 25.9 Å². The van der Waals surface area contributed by atoms with Crippen molar-refractivity contribution in [3.8, 4) is 0 Å². The van der Waals surface area contributed by atoms with Gasteiger partial charge in [-0.1, -0.05) is 26.0 Å². The number of halogens is 1. The lowest BCUT2D eigenvalue weighted by molar-refractivity contribution is -0.155. The van der Waals surface area contributed by atoms with Crippen molar-refractivity contribution in [3.63, 3.8) is 0 Å². The summed E-state index contributed by atoms with van der Waals surface area (Å²) in [5.74, 6) is -3.43. The fourth-order valence-electron chi connectivity index (χ4n) is 3.19. The van der Waals surface area contributed by atoms with Gasteiger partial charge < -0.3 is 14.4 Å². The van der Waals surface area contributed by atoms with Gasteiger partial charge in [-0.25, -0.2) is 12.8 Å². The number of carbonyl (C=O) groups excluding carboxylic acids is 3. The molecule has 1 fully saturated rings. The number of nitrogens with one attached hydrogen (secondary N) is 1. The molecule has 31 heavy (non-hydrogen) atoms. The number of ether oxygens (including phenoxy) is 2. The van der Waals surface area contributed by atoms with Crippen LogP contribution in [0.2, 0.25) is 0 Å². The standard InChI is InChI=1S/C20H27FN2O7S/c1-13(2)18(22-31(27,28)16-7-5-4-6-15(16)21)20(26)30-12-17(24)23-10-8-14(9-11-23)19(25)29-3/h4-7,13-14,18,22H,8-12H2,1-3H3. The Morgan fingerprint density at radius 2 is 1.81 bits per heavy atom. The minimum absolute atomic E-state index is 0.269. The highest BCUT2D eigenvalue weighted by atomic mass is 32.2. The van der Waals surface area contributed by atoms with Crippen molar-refractivity contribution in [1.29, 1.82) is 0 Å². The second-order valence-corrected chi connectivity index (χ2v) is 9.24. The average Bonchev–Trinajstić information content (AvgIpc) is 2.75. The highest BCUT2D eigenvalue weighted by Gasteiger charge is 2.32. The first-order valence-electron chi connectivity index (χ1n) is 9.86. The molecule has 1 aliphatic rings. The zero-order valence-corrected chi connectivity index (χ0v) is 18.5. The van der Waals surface area contributed by atoms with Crippen LogP contribution in [0.1, 0.15) is 26.7 Å². The Morgan fingerprint density at radius 3 is 2.35 bits per heavy atom. The van der Waals surface area contributed by atoms with Crippen LogP contribution in [0.15, 0.2) is 29.2 Å². The zero-order chi connectivity index (χ0) is 23.2. The molecule has 1 heterocycles. The monoisotopic (exact) mass is 458 g/mol. The minimum atomic E-state index is -4.32. The molecule has 1 unspecified atom stereocenters. The van der Waals surface area contributed by atoms with Crippen LogP contribution in [0.5, 0.6) is 0 Å². The molecule has 0 saturated carbocycles. The second-order valence-electron chi connectivity index (χ2n) is 7.56. The van der Waals surface area contributed by atoms with Crippen molar-refractivity contribution in [2.75, 3.05) is 26.8 Å². The van der Waals surface area contributed by atoms with Gasteiger partial charge in [-0.15, -0.1) is 0 Å². The van der Waals surface area contributed by atoms with E-state index in [9.17, 15) is 27.2 Å². The first-order chi connectivity index (χ1) is 14.6. The Morgan fingerprint density at radius 1 is 1.19 bits per heavy atom. The summed E-state index contributed by atoms with van der Waals surface area (Å²) in [5.41, 5.74) is 0. The summed E-state index contributed by atoms with van der Waals surface area (Å²) < 4.78 is 50.8. The first kappa shape index (κ1) is 24.7. The maximum Gasteiger partial charge on any atom is 0.324 e. The summed E-state index contributed by atoms with van der Waals surface area (Å²) in [6.07, 6.45) is 0.896. The first-order valence-corrected chi connectivity index (χ1v) is 11.3. The largest absolute Gasteiger partial charge is 0.469 e. The van der Waals surface area contributed by atoms with E-state index in [2.05, 4.69) is 4.72 Å². The Bertz CT molecular complexity index is 912. The number of likely N-dealkylation sites (tertiary alicyclic amines) is 1. The minimum Gasteiger partial charge on any atom is -0.469 e. The summed E-state index contributed by atoms with van der Waals surface area (Å²) in [6.45, 7) is 3.27. The molecule has 2 rings (SSSR count). The quantitative estimate of drug-likeness (QED) is 0.579. The Labute approximate surface area is 180 Å². The molecule has 1 aromatic rings. The number of esters is 2. The van der Waals surface area contributed by atoms with Gasteiger partial charge in [0.15, 0.2) is 6.61 Å². The molecule has 0 bridgehead atoms. The van der Waals surface area contributed by atoms with Gasteiger partial charge in [0.25, 0.3) is 5.91 Å². The van der Waals surface area contributed by atoms with Crippen LogP contribution in [0.4, 0.5) is 4.39 Å². The van der Waals surface area contributed by atoms with Crippen molar-refractivity contribution >= 4 is 27.9 Å². The summed E-state index contributed by atoms with van der Waals surface area (Å²) in [6, 6.07) is 3.49. The van der Waals surface area contributed by atoms with Crippen LogP contribution >= 0.6 is 0 Å². The Hall–Kier alpha value is -2.53. The van der Waals surface area contributed by atoms with Crippen molar-refractivity contribution in [2.24, 2.45) is 11.8 Å². The maximum absolute atomic E-state index is 13.9. The fourth-order valence-corrected chi connectivity index (χ4v) is 4.61. The van der Waals surface area contributed by atoms with E-state index in [1.54, 1.807) is 13.8 Å². The van der Waals surface area contributed by atoms with Crippen LogP contribution in [0, 0.1) is 17.7 Å². The van der Waals surface area contributed by atoms with Crippen LogP contribution < -0.4 is 4.72 Å². The van der Waals surface area contributed by atoms with Crippen LogP contribution in [0.3, 0.4) is 0 Å². The number of carbonyl (C=O) groups is 3. The molecule has 9 nitrogen and oxygen atoms in total. The number of hydrogen-bond acceptors (Lipinski definition) is 7. The van der Waals surface area contributed by atoms with Gasteiger partial charge in [-0.3, -0.25) is 14.4 Å². The van der Waals surface area contributed by atoms with Crippen molar-refractivity contribution in [2.45, 2.75) is 37.6 Å². The summed E-state index contributed by atoms with van der Waals surface area (Å²) in [5, 5.41) is 0. The van der Waals surface area contributed by atoms with Crippen LogP contribution in [0.25, 0.3) is 0 Å². The number of methoxy groups -OCH3 is 1. The number of piperidine rings is 1. The predicted octanol–water partition coefficient (Wildman–Crippen LogP) is 1.08. The van der Waals surface area contributed by atoms with Gasteiger partial charge in [0.05, 0.1) is 13.0 Å². The number of amides is 1. The number of benzene rings is 1. The van der Waals surface area contributed by atoms with Gasteiger partial charge in [0, 0.05) is 13.1 Å². The van der Waals surface area contributed by atoms with Gasteiger partial charge >= 0.3 is 11.9 Å². The molecule has 1 amide bonds. The Balaban J connectivity index is 1.95.